The molecule has 1 heterocycles. The molecule has 1 aromatic heterocycles. The Labute approximate surface area is 117 Å². The van der Waals surface area contributed by atoms with Crippen LogP contribution in [0.2, 0.25) is 5.02 Å². The number of aromatic amines is 1. The summed E-state index contributed by atoms with van der Waals surface area (Å²) in [5.74, 6) is 0.257. The average Bonchev–Trinajstić information content (AvgIpc) is 2.78. The summed E-state index contributed by atoms with van der Waals surface area (Å²) in [5.41, 5.74) is 7.98. The van der Waals surface area contributed by atoms with Gasteiger partial charge in [-0.15, -0.1) is 0 Å². The molecule has 19 heavy (non-hydrogen) atoms. The Bertz CT molecular complexity index is 626. The molecule has 1 aromatic carbocycles. The largest absolute Gasteiger partial charge is 0.396 e. The molecule has 0 atom stereocenters. The van der Waals surface area contributed by atoms with Gasteiger partial charge in [0, 0.05) is 16.8 Å². The van der Waals surface area contributed by atoms with Gasteiger partial charge in [-0.1, -0.05) is 36.9 Å². The summed E-state index contributed by atoms with van der Waals surface area (Å²) < 4.78 is 0. The van der Waals surface area contributed by atoms with E-state index >= 15 is 0 Å². The van der Waals surface area contributed by atoms with Crippen LogP contribution in [0.25, 0.3) is 10.9 Å². The Hall–Kier alpha value is -1.48. The number of anilines is 1. The summed E-state index contributed by atoms with van der Waals surface area (Å²) >= 11 is 6.15. The number of benzene rings is 1. The van der Waals surface area contributed by atoms with Crippen molar-refractivity contribution in [3.05, 3.63) is 28.9 Å². The van der Waals surface area contributed by atoms with Crippen molar-refractivity contribution < 1.29 is 4.79 Å². The number of nitrogens with two attached hydrogens (primary N) is 1. The topological polar surface area (TPSA) is 58.9 Å². The number of carbonyl (C=O) groups is 1. The number of hydrogen-bond acceptors (Lipinski definition) is 2. The zero-order valence-electron chi connectivity index (χ0n) is 10.7. The predicted octanol–water partition coefficient (Wildman–Crippen LogP) is 4.17. The Balaban J connectivity index is 2.03. The van der Waals surface area contributed by atoms with Crippen LogP contribution < -0.4 is 5.73 Å². The average molecular weight is 277 g/mol. The van der Waals surface area contributed by atoms with E-state index in [4.69, 9.17) is 17.3 Å². The number of halogens is 1. The maximum Gasteiger partial charge on any atom is 0.184 e. The lowest BCUT2D eigenvalue weighted by Crippen LogP contribution is -2.19. The van der Waals surface area contributed by atoms with Crippen molar-refractivity contribution in [3.8, 4) is 0 Å². The zero-order valence-corrected chi connectivity index (χ0v) is 11.5. The first-order valence-electron chi connectivity index (χ1n) is 6.78. The lowest BCUT2D eigenvalue weighted by molar-refractivity contribution is 0.0886. The van der Waals surface area contributed by atoms with Gasteiger partial charge in [0.1, 0.15) is 5.69 Å². The molecule has 0 radical (unpaired) electrons. The molecule has 1 fully saturated rings. The van der Waals surface area contributed by atoms with Gasteiger partial charge in [0.2, 0.25) is 0 Å². The van der Waals surface area contributed by atoms with Gasteiger partial charge >= 0.3 is 0 Å². The van der Waals surface area contributed by atoms with E-state index in [9.17, 15) is 4.79 Å². The second kappa shape index (κ2) is 4.89. The molecule has 0 bridgehead atoms. The molecule has 0 amide bonds. The predicted molar refractivity (Wildman–Crippen MR) is 78.6 cm³/mol. The molecule has 1 saturated carbocycles. The van der Waals surface area contributed by atoms with Crippen LogP contribution in [0.5, 0.6) is 0 Å². The maximum absolute atomic E-state index is 12.5. The van der Waals surface area contributed by atoms with Gasteiger partial charge in [-0.05, 0) is 25.0 Å². The van der Waals surface area contributed by atoms with E-state index in [0.717, 1.165) is 36.6 Å². The molecule has 0 aliphatic heterocycles. The number of ketones is 1. The number of aromatic nitrogens is 1. The number of fused-ring (bicyclic) bond motifs is 1. The summed E-state index contributed by atoms with van der Waals surface area (Å²) in [5, 5.41) is 1.36. The smallest absolute Gasteiger partial charge is 0.184 e. The Morgan fingerprint density at radius 2 is 2.00 bits per heavy atom. The molecule has 1 aliphatic rings. The number of H-pyrrole nitrogens is 1. The number of hydrogen-bond donors (Lipinski definition) is 2. The van der Waals surface area contributed by atoms with E-state index in [-0.39, 0.29) is 11.7 Å². The van der Waals surface area contributed by atoms with Crippen LogP contribution in [0.4, 0.5) is 5.69 Å². The van der Waals surface area contributed by atoms with Crippen molar-refractivity contribution in [1.29, 1.82) is 0 Å². The van der Waals surface area contributed by atoms with E-state index in [2.05, 4.69) is 4.98 Å². The lowest BCUT2D eigenvalue weighted by Gasteiger charge is -2.19. The first-order valence-corrected chi connectivity index (χ1v) is 7.16. The number of Topliss-reactive ketones (excluding diaryl/α,β-unsaturated/α-hetero) is 1. The van der Waals surface area contributed by atoms with Crippen LogP contribution >= 0.6 is 11.6 Å². The Kier molecular flexibility index (Phi) is 3.23. The molecule has 3 N–H and O–H groups in total. The van der Waals surface area contributed by atoms with Gasteiger partial charge in [0.05, 0.1) is 10.7 Å². The number of nitrogen functional groups attached to an aromatic ring is 1. The summed E-state index contributed by atoms with van der Waals surface area (Å²) in [6, 6.07) is 5.55. The second-order valence-electron chi connectivity index (χ2n) is 5.28. The Morgan fingerprint density at radius 1 is 1.26 bits per heavy atom. The molecule has 3 nitrogen and oxygen atoms in total. The first-order chi connectivity index (χ1) is 9.18. The van der Waals surface area contributed by atoms with Gasteiger partial charge in [-0.2, -0.15) is 0 Å². The summed E-state index contributed by atoms with van der Waals surface area (Å²) in [6.07, 6.45) is 5.45. The fourth-order valence-corrected chi connectivity index (χ4v) is 3.27. The molecular formula is C15H17ClN2O. The minimum Gasteiger partial charge on any atom is -0.396 e. The van der Waals surface area contributed by atoms with E-state index in [1.165, 1.54) is 6.42 Å². The van der Waals surface area contributed by atoms with Crippen LogP contribution in [-0.2, 0) is 0 Å². The normalized spacial score (nSPS) is 16.9. The molecule has 100 valence electrons. The van der Waals surface area contributed by atoms with Crippen LogP contribution in [0.15, 0.2) is 18.2 Å². The molecule has 0 unspecified atom stereocenters. The summed E-state index contributed by atoms with van der Waals surface area (Å²) in [7, 11) is 0. The van der Waals surface area contributed by atoms with Crippen molar-refractivity contribution in [2.75, 3.05) is 5.73 Å². The summed E-state index contributed by atoms with van der Waals surface area (Å²) in [6.45, 7) is 0. The number of nitrogens with one attached hydrogen (secondary N) is 1. The minimum atomic E-state index is 0.114. The van der Waals surface area contributed by atoms with Gasteiger partial charge in [0.25, 0.3) is 0 Å². The van der Waals surface area contributed by atoms with Crippen LogP contribution in [0.3, 0.4) is 0 Å². The highest BCUT2D eigenvalue weighted by molar-refractivity contribution is 6.37. The van der Waals surface area contributed by atoms with Crippen molar-refractivity contribution in [2.45, 2.75) is 32.1 Å². The standard InChI is InChI=1S/C15H17ClN2O/c16-10-7-4-8-11-12(10)13(17)14(18-11)15(19)9-5-2-1-3-6-9/h4,7-9,18H,1-3,5-6,17H2. The lowest BCUT2D eigenvalue weighted by atomic mass is 9.85. The van der Waals surface area contributed by atoms with Gasteiger partial charge < -0.3 is 10.7 Å². The molecule has 3 rings (SSSR count). The third kappa shape index (κ3) is 2.12. The quantitative estimate of drug-likeness (QED) is 0.809. The van der Waals surface area contributed by atoms with Gasteiger partial charge in [0.15, 0.2) is 5.78 Å². The fraction of sp³-hybridized carbons (Fsp3) is 0.400. The van der Waals surface area contributed by atoms with Crippen molar-refractivity contribution in [2.24, 2.45) is 5.92 Å². The summed E-state index contributed by atoms with van der Waals surface area (Å²) in [4.78, 5) is 15.7. The highest BCUT2D eigenvalue weighted by atomic mass is 35.5. The van der Waals surface area contributed by atoms with Gasteiger partial charge in [-0.3, -0.25) is 4.79 Å². The first kappa shape index (κ1) is 12.5. The second-order valence-corrected chi connectivity index (χ2v) is 5.68. The maximum atomic E-state index is 12.5. The van der Waals surface area contributed by atoms with E-state index in [0.29, 0.717) is 16.4 Å². The zero-order chi connectivity index (χ0) is 13.4. The third-order valence-electron chi connectivity index (χ3n) is 4.03. The van der Waals surface area contributed by atoms with Crippen molar-refractivity contribution in [3.63, 3.8) is 0 Å². The van der Waals surface area contributed by atoms with Crippen LogP contribution in [-0.4, -0.2) is 10.8 Å². The highest BCUT2D eigenvalue weighted by Crippen LogP contribution is 2.34. The van der Waals surface area contributed by atoms with E-state index in [1.54, 1.807) is 6.07 Å². The molecule has 0 saturated heterocycles. The SMILES string of the molecule is Nc1c(C(=O)C2CCCCC2)[nH]c2cccc(Cl)c12. The fourth-order valence-electron chi connectivity index (χ4n) is 2.99. The number of rotatable bonds is 2. The van der Waals surface area contributed by atoms with E-state index < -0.39 is 0 Å². The number of carbonyl (C=O) groups excluding carboxylic acids is 1. The van der Waals surface area contributed by atoms with Crippen LogP contribution in [0, 0.1) is 5.92 Å². The van der Waals surface area contributed by atoms with Crippen LogP contribution in [0.1, 0.15) is 42.6 Å². The Morgan fingerprint density at radius 3 is 2.68 bits per heavy atom. The minimum absolute atomic E-state index is 0.114. The molecule has 2 aromatic rings. The molecule has 1 aliphatic carbocycles. The van der Waals surface area contributed by atoms with E-state index in [1.807, 2.05) is 12.1 Å². The monoisotopic (exact) mass is 276 g/mol. The molecule has 0 spiro atoms. The van der Waals surface area contributed by atoms with Crippen molar-refractivity contribution in [1.82, 2.24) is 4.98 Å². The molecular weight excluding hydrogens is 260 g/mol. The molecule has 4 heteroatoms. The van der Waals surface area contributed by atoms with Crippen molar-refractivity contribution >= 4 is 34.0 Å². The van der Waals surface area contributed by atoms with Gasteiger partial charge in [-0.25, -0.2) is 0 Å². The highest BCUT2D eigenvalue weighted by Gasteiger charge is 2.26. The third-order valence-corrected chi connectivity index (χ3v) is 4.35.